The first-order valence-electron chi connectivity index (χ1n) is 7.29. The quantitative estimate of drug-likeness (QED) is 0.882. The van der Waals surface area contributed by atoms with Crippen molar-refractivity contribution < 1.29 is 13.2 Å². The molecule has 0 aliphatic carbocycles. The minimum absolute atomic E-state index is 0.620. The van der Waals surface area contributed by atoms with Crippen molar-refractivity contribution in [2.24, 2.45) is 0 Å². The molecule has 0 radical (unpaired) electrons. The molecule has 1 aliphatic heterocycles. The number of piperidine rings is 1. The van der Waals surface area contributed by atoms with Crippen LogP contribution in [0.1, 0.15) is 24.0 Å². The maximum absolute atomic E-state index is 12.9. The standard InChI is InChI=1S/C17H17F3N2/c18-17(19,20)15-8-10-22(12-15)16(13-5-2-1-3-6-13)14-7-4-9-21-11-14/h1-3,5-6,8,10,12,21H,4,7,9,11H2/b16-14-. The molecule has 1 aromatic carbocycles. The SMILES string of the molecule is FC(F)(F)c1ccn(/C(=C2/CCCNC2)c2ccccc2)c1. The van der Waals surface area contributed by atoms with Gasteiger partial charge in [-0.25, -0.2) is 0 Å². The largest absolute Gasteiger partial charge is 0.417 e. The predicted molar refractivity (Wildman–Crippen MR) is 80.3 cm³/mol. The molecule has 1 aliphatic rings. The molecule has 22 heavy (non-hydrogen) atoms. The van der Waals surface area contributed by atoms with Crippen LogP contribution in [0.25, 0.3) is 5.70 Å². The summed E-state index contributed by atoms with van der Waals surface area (Å²) in [6.07, 6.45) is 0.245. The van der Waals surface area contributed by atoms with Crippen LogP contribution in [0, 0.1) is 0 Å². The highest BCUT2D eigenvalue weighted by Crippen LogP contribution is 2.32. The summed E-state index contributed by atoms with van der Waals surface area (Å²) in [5.41, 5.74) is 2.31. The van der Waals surface area contributed by atoms with Crippen LogP contribution < -0.4 is 5.32 Å². The van der Waals surface area contributed by atoms with Crippen LogP contribution in [0.4, 0.5) is 13.2 Å². The van der Waals surface area contributed by atoms with Crippen molar-refractivity contribution in [3.8, 4) is 0 Å². The molecule has 0 unspecified atom stereocenters. The third-order valence-electron chi connectivity index (χ3n) is 3.83. The van der Waals surface area contributed by atoms with Crippen molar-refractivity contribution in [2.75, 3.05) is 13.1 Å². The minimum atomic E-state index is -4.32. The Kier molecular flexibility index (Phi) is 4.07. The highest BCUT2D eigenvalue weighted by molar-refractivity contribution is 5.69. The smallest absolute Gasteiger partial charge is 0.323 e. The Balaban J connectivity index is 2.08. The zero-order valence-electron chi connectivity index (χ0n) is 12.0. The number of nitrogens with one attached hydrogen (secondary N) is 1. The number of rotatable bonds is 2. The van der Waals surface area contributed by atoms with E-state index in [9.17, 15) is 13.2 Å². The lowest BCUT2D eigenvalue weighted by molar-refractivity contribution is -0.137. The van der Waals surface area contributed by atoms with E-state index in [-0.39, 0.29) is 0 Å². The van der Waals surface area contributed by atoms with Gasteiger partial charge in [0.05, 0.1) is 11.3 Å². The van der Waals surface area contributed by atoms with E-state index >= 15 is 0 Å². The first-order valence-corrected chi connectivity index (χ1v) is 7.29. The second-order valence-corrected chi connectivity index (χ2v) is 5.40. The van der Waals surface area contributed by atoms with E-state index in [0.29, 0.717) is 6.54 Å². The lowest BCUT2D eigenvalue weighted by Crippen LogP contribution is -2.25. The zero-order chi connectivity index (χ0) is 15.6. The molecule has 116 valence electrons. The van der Waals surface area contributed by atoms with Crippen molar-refractivity contribution in [2.45, 2.75) is 19.0 Å². The van der Waals surface area contributed by atoms with Crippen LogP contribution in [0.3, 0.4) is 0 Å². The molecule has 0 atom stereocenters. The van der Waals surface area contributed by atoms with Crippen molar-refractivity contribution in [1.82, 2.24) is 9.88 Å². The second kappa shape index (κ2) is 6.01. The van der Waals surface area contributed by atoms with Gasteiger partial charge < -0.3 is 9.88 Å². The Labute approximate surface area is 127 Å². The fourth-order valence-electron chi connectivity index (χ4n) is 2.79. The predicted octanol–water partition coefficient (Wildman–Crippen LogP) is 4.15. The first kappa shape index (κ1) is 14.9. The van der Waals surface area contributed by atoms with Gasteiger partial charge in [0.25, 0.3) is 0 Å². The third-order valence-corrected chi connectivity index (χ3v) is 3.83. The molecule has 3 rings (SSSR count). The molecular formula is C17H17F3N2. The molecule has 1 N–H and O–H groups in total. The van der Waals surface area contributed by atoms with E-state index < -0.39 is 11.7 Å². The molecule has 2 aromatic rings. The van der Waals surface area contributed by atoms with Gasteiger partial charge in [0, 0.05) is 18.9 Å². The van der Waals surface area contributed by atoms with Crippen LogP contribution in [-0.4, -0.2) is 17.7 Å². The van der Waals surface area contributed by atoms with Gasteiger partial charge in [0.1, 0.15) is 0 Å². The Morgan fingerprint density at radius 2 is 1.86 bits per heavy atom. The van der Waals surface area contributed by atoms with Gasteiger partial charge in [-0.2, -0.15) is 13.2 Å². The Morgan fingerprint density at radius 1 is 1.09 bits per heavy atom. The van der Waals surface area contributed by atoms with E-state index in [4.69, 9.17) is 0 Å². The van der Waals surface area contributed by atoms with Crippen LogP contribution in [0.5, 0.6) is 0 Å². The van der Waals surface area contributed by atoms with E-state index in [1.165, 1.54) is 12.4 Å². The summed E-state index contributed by atoms with van der Waals surface area (Å²) < 4.78 is 40.2. The second-order valence-electron chi connectivity index (χ2n) is 5.40. The summed E-state index contributed by atoms with van der Waals surface area (Å²) in [6, 6.07) is 10.7. The van der Waals surface area contributed by atoms with Gasteiger partial charge in [0.2, 0.25) is 0 Å². The molecule has 1 aromatic heterocycles. The van der Waals surface area contributed by atoms with E-state index in [1.807, 2.05) is 30.3 Å². The zero-order valence-corrected chi connectivity index (χ0v) is 12.0. The number of benzene rings is 1. The van der Waals surface area contributed by atoms with Gasteiger partial charge >= 0.3 is 6.18 Å². The van der Waals surface area contributed by atoms with Gasteiger partial charge in [-0.1, -0.05) is 30.3 Å². The molecule has 1 fully saturated rings. The summed E-state index contributed by atoms with van der Waals surface area (Å²) in [4.78, 5) is 0. The van der Waals surface area contributed by atoms with Crippen LogP contribution >= 0.6 is 0 Å². The molecule has 5 heteroatoms. The molecule has 0 bridgehead atoms. The number of hydrogen-bond acceptors (Lipinski definition) is 1. The van der Waals surface area contributed by atoms with Crippen LogP contribution in [0.2, 0.25) is 0 Å². The van der Waals surface area contributed by atoms with Crippen molar-refractivity contribution in [3.05, 3.63) is 65.5 Å². The number of halogens is 3. The number of alkyl halides is 3. The minimum Gasteiger partial charge on any atom is -0.323 e. The molecule has 1 saturated heterocycles. The van der Waals surface area contributed by atoms with Crippen LogP contribution in [0.15, 0.2) is 54.4 Å². The summed E-state index contributed by atoms with van der Waals surface area (Å²) in [5, 5.41) is 3.30. The van der Waals surface area contributed by atoms with Gasteiger partial charge in [-0.15, -0.1) is 0 Å². The number of hydrogen-bond donors (Lipinski definition) is 1. The average Bonchev–Trinajstić information content (AvgIpc) is 2.99. The molecule has 2 nitrogen and oxygen atoms in total. The fourth-order valence-corrected chi connectivity index (χ4v) is 2.79. The molecule has 2 heterocycles. The highest BCUT2D eigenvalue weighted by atomic mass is 19.4. The number of aromatic nitrogens is 1. The molecular weight excluding hydrogens is 289 g/mol. The van der Waals surface area contributed by atoms with Gasteiger partial charge in [0.15, 0.2) is 0 Å². The lowest BCUT2D eigenvalue weighted by atomic mass is 9.99. The molecule has 0 spiro atoms. The maximum Gasteiger partial charge on any atom is 0.417 e. The summed E-state index contributed by atoms with van der Waals surface area (Å²) in [6.45, 7) is 1.66. The average molecular weight is 306 g/mol. The third kappa shape index (κ3) is 3.09. The Bertz CT molecular complexity index is 661. The maximum atomic E-state index is 12.9. The fraction of sp³-hybridized carbons (Fsp3) is 0.294. The summed E-state index contributed by atoms with van der Waals surface area (Å²) in [7, 11) is 0. The number of nitrogens with zero attached hydrogens (tertiary/aromatic N) is 1. The van der Waals surface area contributed by atoms with Gasteiger partial charge in [-0.3, -0.25) is 0 Å². The topological polar surface area (TPSA) is 17.0 Å². The lowest BCUT2D eigenvalue weighted by Gasteiger charge is -2.21. The normalized spacial score (nSPS) is 18.3. The molecule has 0 saturated carbocycles. The summed E-state index contributed by atoms with van der Waals surface area (Å²) in [5.74, 6) is 0. The summed E-state index contributed by atoms with van der Waals surface area (Å²) >= 11 is 0. The van der Waals surface area contributed by atoms with E-state index in [1.54, 1.807) is 4.57 Å². The van der Waals surface area contributed by atoms with Gasteiger partial charge in [-0.05, 0) is 36.6 Å². The van der Waals surface area contributed by atoms with Crippen molar-refractivity contribution in [3.63, 3.8) is 0 Å². The van der Waals surface area contributed by atoms with Crippen molar-refractivity contribution in [1.29, 1.82) is 0 Å². The van der Waals surface area contributed by atoms with Crippen molar-refractivity contribution >= 4 is 5.70 Å². The highest BCUT2D eigenvalue weighted by Gasteiger charge is 2.31. The Morgan fingerprint density at radius 3 is 2.45 bits per heavy atom. The van der Waals surface area contributed by atoms with E-state index in [2.05, 4.69) is 5.32 Å². The Hall–Kier alpha value is -2.01. The first-order chi connectivity index (χ1) is 10.6. The monoisotopic (exact) mass is 306 g/mol. The van der Waals surface area contributed by atoms with Crippen LogP contribution in [-0.2, 0) is 6.18 Å². The van der Waals surface area contributed by atoms with E-state index in [0.717, 1.165) is 42.3 Å². The molecule has 0 amide bonds.